The number of aromatic hydroxyl groups is 1. The molecule has 1 aliphatic rings. The second-order valence-corrected chi connectivity index (χ2v) is 23.9. The van der Waals surface area contributed by atoms with E-state index in [1.807, 2.05) is 56.3 Å². The molecule has 7 atom stereocenters. The Morgan fingerprint density at radius 2 is 1.02 bits per heavy atom. The van der Waals surface area contributed by atoms with Gasteiger partial charge in [-0.2, -0.15) is 0 Å². The topological polar surface area (TPSA) is 331 Å². The van der Waals surface area contributed by atoms with Crippen molar-refractivity contribution >= 4 is 75.5 Å². The van der Waals surface area contributed by atoms with Crippen LogP contribution >= 0.6 is 11.6 Å². The third kappa shape index (κ3) is 22.9. The average Bonchev–Trinajstić information content (AvgIpc) is 1.19. The van der Waals surface area contributed by atoms with E-state index in [1.54, 1.807) is 54.7 Å². The molecular formula is C68H83ClN12O11. The highest BCUT2D eigenvalue weighted by Crippen LogP contribution is 2.19. The van der Waals surface area contributed by atoms with Crippen molar-refractivity contribution in [2.45, 2.75) is 127 Å². The molecule has 4 aromatic carbocycles. The number of amides is 9. The van der Waals surface area contributed by atoms with Crippen LogP contribution in [0.3, 0.4) is 0 Å². The summed E-state index contributed by atoms with van der Waals surface area (Å²) in [6.45, 7) is 7.18. The number of phenols is 1. The number of likely N-dealkylation sites (tertiary alicyclic amines) is 1. The van der Waals surface area contributed by atoms with Crippen molar-refractivity contribution < 1.29 is 53.4 Å². The molecule has 1 aliphatic heterocycles. The first-order valence-electron chi connectivity index (χ1n) is 31.1. The zero-order valence-corrected chi connectivity index (χ0v) is 52.8. The fourth-order valence-electron chi connectivity index (χ4n) is 10.7. The second-order valence-electron chi connectivity index (χ2n) is 23.4. The Morgan fingerprint density at radius 1 is 0.511 bits per heavy atom. The Bertz CT molecular complexity index is 3430. The number of nitrogens with zero attached hydrogens (tertiary/aromatic N) is 3. The molecule has 92 heavy (non-hydrogen) atoms. The summed E-state index contributed by atoms with van der Waals surface area (Å²) in [6, 6.07) is 22.7. The number of aliphatic hydroxyl groups is 1. The van der Waals surface area contributed by atoms with Crippen LogP contribution < -0.4 is 47.9 Å². The van der Waals surface area contributed by atoms with E-state index >= 15 is 0 Å². The monoisotopic (exact) mass is 1280 g/mol. The molecule has 0 radical (unpaired) electrons. The number of fused-ring (bicyclic) bond motifs is 1. The number of aromatic nitrogens is 2. The Labute approximate surface area is 540 Å². The normalized spacial score (nSPS) is 14.5. The fourth-order valence-corrected chi connectivity index (χ4v) is 10.8. The molecule has 7 rings (SSSR count). The number of phenolic OH excluding ortho intramolecular Hbond substituents is 1. The number of hydrogen-bond donors (Lipinski definition) is 11. The van der Waals surface area contributed by atoms with Crippen LogP contribution in [0.25, 0.3) is 10.8 Å². The lowest BCUT2D eigenvalue weighted by Crippen LogP contribution is -2.61. The minimum atomic E-state index is -1.76. The summed E-state index contributed by atoms with van der Waals surface area (Å²) in [5.74, 6) is -6.41. The first-order valence-corrected chi connectivity index (χ1v) is 31.5. The van der Waals surface area contributed by atoms with E-state index < -0.39 is 96.2 Å². The van der Waals surface area contributed by atoms with Crippen molar-refractivity contribution in [2.75, 3.05) is 39.3 Å². The maximum atomic E-state index is 14.8. The van der Waals surface area contributed by atoms with Gasteiger partial charge in [0, 0.05) is 82.1 Å². The minimum absolute atomic E-state index is 0.0238. The molecule has 3 heterocycles. The summed E-state index contributed by atoms with van der Waals surface area (Å²) >= 11 is 6.23. The highest BCUT2D eigenvalue weighted by molar-refractivity contribution is 6.30. The lowest BCUT2D eigenvalue weighted by Gasteiger charge is -2.28. The first-order chi connectivity index (χ1) is 44.3. The molecule has 0 saturated carbocycles. The van der Waals surface area contributed by atoms with Crippen molar-refractivity contribution in [3.05, 3.63) is 173 Å². The molecule has 1 saturated heterocycles. The quantitative estimate of drug-likeness (QED) is 0.0258. The van der Waals surface area contributed by atoms with Gasteiger partial charge in [0.05, 0.1) is 12.2 Å². The van der Waals surface area contributed by atoms with Gasteiger partial charge in [-0.25, -0.2) is 0 Å². The van der Waals surface area contributed by atoms with Crippen LogP contribution in [0.15, 0.2) is 140 Å². The van der Waals surface area contributed by atoms with Gasteiger partial charge >= 0.3 is 0 Å². The molecule has 24 heteroatoms. The first kappa shape index (κ1) is 70.1. The van der Waals surface area contributed by atoms with Gasteiger partial charge in [0.25, 0.3) is 5.91 Å². The second kappa shape index (κ2) is 35.9. The van der Waals surface area contributed by atoms with Crippen molar-refractivity contribution in [3.8, 4) is 5.75 Å². The van der Waals surface area contributed by atoms with Gasteiger partial charge < -0.3 is 63.0 Å². The lowest BCUT2D eigenvalue weighted by molar-refractivity contribution is -0.136. The molecular weight excluding hydrogens is 1200 g/mol. The van der Waals surface area contributed by atoms with Crippen LogP contribution in [0.4, 0.5) is 0 Å². The van der Waals surface area contributed by atoms with E-state index in [-0.39, 0.29) is 62.6 Å². The molecule has 23 nitrogen and oxygen atoms in total. The van der Waals surface area contributed by atoms with E-state index in [0.29, 0.717) is 53.2 Å². The van der Waals surface area contributed by atoms with Crippen LogP contribution in [-0.2, 0) is 64.0 Å². The molecule has 0 bridgehead atoms. The molecule has 1 fully saturated rings. The van der Waals surface area contributed by atoms with Gasteiger partial charge in [-0.3, -0.25) is 53.1 Å². The van der Waals surface area contributed by atoms with E-state index in [1.165, 1.54) is 49.8 Å². The standard InChI is InChI=1S/C68H83ClN12O11/c1-43(2)34-55(62(86)73-30-33-81-31-8-9-32-81)76-63(87)54(16-6-7-29-72-61(85)51-15-11-28-71-41-51)75-65(89)57(37-46-20-25-53(84)26-21-46)79-68(92)60(42-82)80-67(91)59(39-48-12-10-27-70-40-48)78-66(90)58(36-45-18-23-52(69)24-19-45)77-64(88)56(74-44(3)83)38-47-17-22-49-13-4-5-14-50(49)35-47/h4-5,10-15,17-28,35,40-41,43,54-60,82,84H,6-9,16,29-34,36-39,42H2,1-3H3,(H,72,85)(H,73,86)(H,74,83)(H,75,89)(H,76,87)(H,77,88)(H,78,90)(H,79,92)(H,80,91)/t54-,55+,56-,57+,58-,59-,60+/m1/s1. The molecule has 0 aliphatic carbocycles. The van der Waals surface area contributed by atoms with Crippen LogP contribution in [0, 0.1) is 5.92 Å². The molecule has 0 spiro atoms. The Morgan fingerprint density at radius 3 is 1.60 bits per heavy atom. The fraction of sp³-hybridized carbons (Fsp3) is 0.397. The number of unbranched alkanes of at least 4 members (excludes halogenated alkanes) is 1. The zero-order valence-electron chi connectivity index (χ0n) is 52.0. The number of benzene rings is 4. The summed E-state index contributed by atoms with van der Waals surface area (Å²) in [5, 5.41) is 48.2. The lowest BCUT2D eigenvalue weighted by atomic mass is 9.99. The van der Waals surface area contributed by atoms with Gasteiger partial charge in [-0.1, -0.05) is 98.2 Å². The summed E-state index contributed by atoms with van der Waals surface area (Å²) in [5.41, 5.74) is 2.60. The predicted molar refractivity (Wildman–Crippen MR) is 347 cm³/mol. The van der Waals surface area contributed by atoms with Crippen LogP contribution in [0.5, 0.6) is 5.75 Å². The smallest absolute Gasteiger partial charge is 0.252 e. The van der Waals surface area contributed by atoms with Crippen molar-refractivity contribution in [2.24, 2.45) is 5.92 Å². The van der Waals surface area contributed by atoms with Gasteiger partial charge in [-0.15, -0.1) is 0 Å². The highest BCUT2D eigenvalue weighted by atomic mass is 35.5. The van der Waals surface area contributed by atoms with Gasteiger partial charge in [0.1, 0.15) is 48.0 Å². The maximum Gasteiger partial charge on any atom is 0.252 e. The number of hydrogen-bond acceptors (Lipinski definition) is 14. The number of carbonyl (C=O) groups excluding carboxylic acids is 9. The number of carbonyl (C=O) groups is 9. The number of pyridine rings is 2. The number of halogens is 1. The summed E-state index contributed by atoms with van der Waals surface area (Å²) in [6.07, 6.45) is 8.61. The molecule has 9 amide bonds. The van der Waals surface area contributed by atoms with E-state index in [4.69, 9.17) is 11.6 Å². The molecule has 488 valence electrons. The Hall–Kier alpha value is -9.32. The van der Waals surface area contributed by atoms with E-state index in [0.717, 1.165) is 42.3 Å². The minimum Gasteiger partial charge on any atom is -0.508 e. The van der Waals surface area contributed by atoms with Crippen LogP contribution in [-0.4, -0.2) is 160 Å². The van der Waals surface area contributed by atoms with Crippen molar-refractivity contribution in [1.29, 1.82) is 0 Å². The third-order valence-electron chi connectivity index (χ3n) is 15.6. The summed E-state index contributed by atoms with van der Waals surface area (Å²) in [4.78, 5) is 137. The molecule has 0 unspecified atom stereocenters. The number of rotatable bonds is 34. The summed E-state index contributed by atoms with van der Waals surface area (Å²) < 4.78 is 0. The van der Waals surface area contributed by atoms with E-state index in [9.17, 15) is 53.4 Å². The molecule has 2 aromatic heterocycles. The van der Waals surface area contributed by atoms with Crippen molar-refractivity contribution in [1.82, 2.24) is 62.7 Å². The zero-order chi connectivity index (χ0) is 65.9. The number of aliphatic hydroxyl groups excluding tert-OH is 1. The van der Waals surface area contributed by atoms with Crippen LogP contribution in [0.1, 0.15) is 91.9 Å². The number of nitrogens with one attached hydrogen (secondary N) is 9. The largest absolute Gasteiger partial charge is 0.508 e. The van der Waals surface area contributed by atoms with Crippen molar-refractivity contribution in [3.63, 3.8) is 0 Å². The maximum absolute atomic E-state index is 14.8. The SMILES string of the molecule is CC(=O)N[C@H](Cc1ccc2ccccc2c1)C(=O)N[C@H](Cc1ccc(Cl)cc1)C(=O)N[C@H](Cc1cccnc1)C(=O)N[C@@H](CO)C(=O)N[C@@H](Cc1ccc(O)cc1)C(=O)N[C@H](CCCCNC(=O)c1cccnc1)C(=O)N[C@@H](CC(C)C)C(=O)NCCN1CCCC1. The molecule has 6 aromatic rings. The Kier molecular flexibility index (Phi) is 27.4. The van der Waals surface area contributed by atoms with Gasteiger partial charge in [-0.05, 0) is 133 Å². The van der Waals surface area contributed by atoms with E-state index in [2.05, 4.69) is 62.7 Å². The third-order valence-corrected chi connectivity index (χ3v) is 15.8. The molecule has 11 N–H and O–H groups in total. The predicted octanol–water partition coefficient (Wildman–Crippen LogP) is 3.52. The average molecular weight is 1280 g/mol. The van der Waals surface area contributed by atoms with Crippen LogP contribution in [0.2, 0.25) is 5.02 Å². The Balaban J connectivity index is 1.10. The summed E-state index contributed by atoms with van der Waals surface area (Å²) in [7, 11) is 0. The van der Waals surface area contributed by atoms with Gasteiger partial charge in [0.15, 0.2) is 0 Å². The highest BCUT2D eigenvalue weighted by Gasteiger charge is 2.35. The van der Waals surface area contributed by atoms with Gasteiger partial charge in [0.2, 0.25) is 47.3 Å².